The van der Waals surface area contributed by atoms with E-state index in [-0.39, 0.29) is 25.0 Å². The predicted molar refractivity (Wildman–Crippen MR) is 93.8 cm³/mol. The Labute approximate surface area is 145 Å². The van der Waals surface area contributed by atoms with Gasteiger partial charge in [-0.2, -0.15) is 0 Å². The van der Waals surface area contributed by atoms with Crippen LogP contribution in [-0.2, 0) is 9.59 Å². The first-order valence-electron chi connectivity index (χ1n) is 7.54. The van der Waals surface area contributed by atoms with Crippen molar-refractivity contribution in [1.82, 2.24) is 0 Å². The lowest BCUT2D eigenvalue weighted by Gasteiger charge is -2.29. The van der Waals surface area contributed by atoms with Crippen LogP contribution in [0.3, 0.4) is 0 Å². The Morgan fingerprint density at radius 2 is 2.04 bits per heavy atom. The lowest BCUT2D eigenvalue weighted by atomic mass is 10.1. The van der Waals surface area contributed by atoms with E-state index in [1.807, 2.05) is 32.0 Å². The molecule has 1 aliphatic heterocycles. The molecule has 124 valence electrons. The maximum absolute atomic E-state index is 12.3. The van der Waals surface area contributed by atoms with E-state index < -0.39 is 0 Å². The van der Waals surface area contributed by atoms with E-state index >= 15 is 0 Å². The largest absolute Gasteiger partial charge is 0.482 e. The molecular formula is C18H17ClN2O3. The monoisotopic (exact) mass is 344 g/mol. The number of aryl methyl sites for hydroxylation is 2. The number of fused-ring (bicyclic) bond motifs is 1. The molecule has 0 fully saturated rings. The van der Waals surface area contributed by atoms with Gasteiger partial charge in [0.15, 0.2) is 6.61 Å². The van der Waals surface area contributed by atoms with Crippen LogP contribution in [0.4, 0.5) is 11.4 Å². The number of carbonyl (C=O) groups excluding carboxylic acids is 2. The summed E-state index contributed by atoms with van der Waals surface area (Å²) in [5.74, 6) is 0.0882. The number of halogens is 1. The highest BCUT2D eigenvalue weighted by Crippen LogP contribution is 2.32. The molecule has 1 aliphatic rings. The van der Waals surface area contributed by atoms with E-state index in [0.717, 1.165) is 11.1 Å². The molecule has 2 aromatic carbocycles. The van der Waals surface area contributed by atoms with E-state index in [4.69, 9.17) is 16.3 Å². The second-order valence-electron chi connectivity index (χ2n) is 5.75. The van der Waals surface area contributed by atoms with Crippen molar-refractivity contribution >= 4 is 34.8 Å². The number of anilines is 2. The number of benzene rings is 2. The minimum Gasteiger partial charge on any atom is -0.482 e. The standard InChI is InChI=1S/C18H17ClN2O3/c1-11-3-6-16-15(7-11)21(18(23)10-24-16)9-17(22)20-13-4-5-14(19)12(2)8-13/h3-8H,9-10H2,1-2H3,(H,20,22). The number of amides is 2. The van der Waals surface area contributed by atoms with Crippen LogP contribution in [0.2, 0.25) is 5.02 Å². The van der Waals surface area contributed by atoms with Crippen LogP contribution >= 0.6 is 11.6 Å². The Morgan fingerprint density at radius 3 is 2.79 bits per heavy atom. The summed E-state index contributed by atoms with van der Waals surface area (Å²) < 4.78 is 5.41. The van der Waals surface area contributed by atoms with Gasteiger partial charge in [0.1, 0.15) is 12.3 Å². The van der Waals surface area contributed by atoms with Crippen molar-refractivity contribution in [3.05, 3.63) is 52.5 Å². The highest BCUT2D eigenvalue weighted by atomic mass is 35.5. The van der Waals surface area contributed by atoms with Crippen LogP contribution in [0.5, 0.6) is 5.75 Å². The molecule has 5 nitrogen and oxygen atoms in total. The quantitative estimate of drug-likeness (QED) is 0.929. The van der Waals surface area contributed by atoms with Gasteiger partial charge in [0.2, 0.25) is 5.91 Å². The highest BCUT2D eigenvalue weighted by Gasteiger charge is 2.27. The maximum atomic E-state index is 12.3. The van der Waals surface area contributed by atoms with Gasteiger partial charge in [-0.05, 0) is 55.3 Å². The van der Waals surface area contributed by atoms with Crippen LogP contribution < -0.4 is 15.0 Å². The zero-order valence-electron chi connectivity index (χ0n) is 13.4. The summed E-state index contributed by atoms with van der Waals surface area (Å²) in [6.45, 7) is 3.65. The molecule has 3 rings (SSSR count). The van der Waals surface area contributed by atoms with Gasteiger partial charge in [-0.3, -0.25) is 14.5 Å². The summed E-state index contributed by atoms with van der Waals surface area (Å²) in [5.41, 5.74) is 3.13. The van der Waals surface area contributed by atoms with Crippen LogP contribution in [0, 0.1) is 13.8 Å². The first-order chi connectivity index (χ1) is 11.4. The van der Waals surface area contributed by atoms with E-state index in [1.54, 1.807) is 18.2 Å². The normalized spacial score (nSPS) is 13.3. The summed E-state index contributed by atoms with van der Waals surface area (Å²) in [4.78, 5) is 25.9. The Balaban J connectivity index is 1.77. The molecule has 0 spiro atoms. The van der Waals surface area contributed by atoms with Gasteiger partial charge < -0.3 is 10.1 Å². The van der Waals surface area contributed by atoms with Crippen LogP contribution in [0.15, 0.2) is 36.4 Å². The van der Waals surface area contributed by atoms with Gasteiger partial charge in [0.25, 0.3) is 5.91 Å². The van der Waals surface area contributed by atoms with Crippen molar-refractivity contribution in [1.29, 1.82) is 0 Å². The van der Waals surface area contributed by atoms with E-state index in [1.165, 1.54) is 4.90 Å². The van der Waals surface area contributed by atoms with Gasteiger partial charge in [0, 0.05) is 10.7 Å². The Morgan fingerprint density at radius 1 is 1.25 bits per heavy atom. The van der Waals surface area contributed by atoms with Crippen molar-refractivity contribution < 1.29 is 14.3 Å². The summed E-state index contributed by atoms with van der Waals surface area (Å²) in [6, 6.07) is 10.8. The lowest BCUT2D eigenvalue weighted by Crippen LogP contribution is -2.43. The molecule has 1 N–H and O–H groups in total. The molecule has 0 aromatic heterocycles. The second-order valence-corrected chi connectivity index (χ2v) is 6.16. The molecule has 6 heteroatoms. The summed E-state index contributed by atoms with van der Waals surface area (Å²) in [5, 5.41) is 3.43. The van der Waals surface area contributed by atoms with Crippen LogP contribution in [0.25, 0.3) is 0 Å². The van der Waals surface area contributed by atoms with E-state index in [2.05, 4.69) is 5.32 Å². The molecular weight excluding hydrogens is 328 g/mol. The predicted octanol–water partition coefficient (Wildman–Crippen LogP) is 3.32. The van der Waals surface area contributed by atoms with E-state index in [0.29, 0.717) is 22.1 Å². The third-order valence-electron chi connectivity index (χ3n) is 3.80. The average Bonchev–Trinajstić information content (AvgIpc) is 2.54. The van der Waals surface area contributed by atoms with Gasteiger partial charge in [-0.1, -0.05) is 17.7 Å². The van der Waals surface area contributed by atoms with Crippen LogP contribution in [-0.4, -0.2) is 25.0 Å². The Bertz CT molecular complexity index is 820. The second kappa shape index (κ2) is 6.53. The summed E-state index contributed by atoms with van der Waals surface area (Å²) >= 11 is 5.98. The van der Waals surface area contributed by atoms with Gasteiger partial charge in [0.05, 0.1) is 5.69 Å². The molecule has 0 saturated carbocycles. The summed E-state index contributed by atoms with van der Waals surface area (Å²) in [6.07, 6.45) is 0. The molecule has 0 atom stereocenters. The molecule has 0 saturated heterocycles. The van der Waals surface area contributed by atoms with Crippen molar-refractivity contribution in [3.63, 3.8) is 0 Å². The molecule has 2 amide bonds. The first-order valence-corrected chi connectivity index (χ1v) is 7.91. The number of carbonyl (C=O) groups is 2. The molecule has 0 radical (unpaired) electrons. The van der Waals surface area contributed by atoms with E-state index in [9.17, 15) is 9.59 Å². The average molecular weight is 345 g/mol. The highest BCUT2D eigenvalue weighted by molar-refractivity contribution is 6.31. The first kappa shape index (κ1) is 16.3. The Hall–Kier alpha value is -2.53. The number of ether oxygens (including phenoxy) is 1. The molecule has 1 heterocycles. The topological polar surface area (TPSA) is 58.6 Å². The fraction of sp³-hybridized carbons (Fsp3) is 0.222. The third kappa shape index (κ3) is 3.36. The third-order valence-corrected chi connectivity index (χ3v) is 4.22. The van der Waals surface area contributed by atoms with Crippen molar-refractivity contribution in [2.75, 3.05) is 23.4 Å². The smallest absolute Gasteiger partial charge is 0.265 e. The zero-order chi connectivity index (χ0) is 17.3. The molecule has 24 heavy (non-hydrogen) atoms. The number of rotatable bonds is 3. The molecule has 0 aliphatic carbocycles. The van der Waals surface area contributed by atoms with Crippen LogP contribution in [0.1, 0.15) is 11.1 Å². The minimum atomic E-state index is -0.278. The van der Waals surface area contributed by atoms with Crippen molar-refractivity contribution in [2.24, 2.45) is 0 Å². The lowest BCUT2D eigenvalue weighted by molar-refractivity contribution is -0.123. The number of nitrogens with zero attached hydrogens (tertiary/aromatic N) is 1. The number of hydrogen-bond donors (Lipinski definition) is 1. The zero-order valence-corrected chi connectivity index (χ0v) is 14.2. The fourth-order valence-corrected chi connectivity index (χ4v) is 2.67. The minimum absolute atomic E-state index is 0.0661. The fourth-order valence-electron chi connectivity index (χ4n) is 2.55. The van der Waals surface area contributed by atoms with Gasteiger partial charge >= 0.3 is 0 Å². The van der Waals surface area contributed by atoms with Crippen molar-refractivity contribution in [2.45, 2.75) is 13.8 Å². The van der Waals surface area contributed by atoms with Gasteiger partial charge in [-0.15, -0.1) is 0 Å². The maximum Gasteiger partial charge on any atom is 0.265 e. The van der Waals surface area contributed by atoms with Gasteiger partial charge in [-0.25, -0.2) is 0 Å². The SMILES string of the molecule is Cc1ccc2c(c1)N(CC(=O)Nc1ccc(Cl)c(C)c1)C(=O)CO2. The molecule has 2 aromatic rings. The summed E-state index contributed by atoms with van der Waals surface area (Å²) in [7, 11) is 0. The molecule has 0 unspecified atom stereocenters. The number of nitrogens with one attached hydrogen (secondary N) is 1. The Kier molecular flexibility index (Phi) is 4.44. The molecule has 0 bridgehead atoms. The number of hydrogen-bond acceptors (Lipinski definition) is 3. The van der Waals surface area contributed by atoms with Crippen molar-refractivity contribution in [3.8, 4) is 5.75 Å².